The predicted molar refractivity (Wildman–Crippen MR) is 93.3 cm³/mol. The lowest BCUT2D eigenvalue weighted by molar-refractivity contribution is -0.131. The van der Waals surface area contributed by atoms with Gasteiger partial charge in [-0.25, -0.2) is 4.39 Å². The first-order chi connectivity index (χ1) is 12.1. The smallest absolute Gasteiger partial charge is 0.227 e. The molecule has 4 nitrogen and oxygen atoms in total. The number of rotatable bonds is 5. The summed E-state index contributed by atoms with van der Waals surface area (Å²) in [5, 5.41) is 0. The van der Waals surface area contributed by atoms with E-state index in [-0.39, 0.29) is 24.2 Å². The van der Waals surface area contributed by atoms with Gasteiger partial charge in [0.2, 0.25) is 5.91 Å². The molecule has 5 heteroatoms. The summed E-state index contributed by atoms with van der Waals surface area (Å²) in [7, 11) is 3.14. The number of carbonyl (C=O) groups is 1. The molecular formula is C20H22FNO3. The van der Waals surface area contributed by atoms with Crippen molar-refractivity contribution in [3.05, 3.63) is 59.4 Å². The van der Waals surface area contributed by atoms with E-state index in [2.05, 4.69) is 0 Å². The van der Waals surface area contributed by atoms with E-state index in [0.717, 1.165) is 18.4 Å². The van der Waals surface area contributed by atoms with Crippen LogP contribution in [-0.4, -0.2) is 31.6 Å². The molecule has 0 spiro atoms. The second-order valence-corrected chi connectivity index (χ2v) is 6.13. The van der Waals surface area contributed by atoms with Crippen molar-refractivity contribution in [1.82, 2.24) is 4.90 Å². The third kappa shape index (κ3) is 3.60. The Balaban J connectivity index is 1.77. The lowest BCUT2D eigenvalue weighted by Crippen LogP contribution is -2.32. The molecule has 0 saturated carbocycles. The molecule has 0 unspecified atom stereocenters. The number of likely N-dealkylation sites (tertiary alicyclic amines) is 1. The molecule has 0 N–H and O–H groups in total. The van der Waals surface area contributed by atoms with Gasteiger partial charge in [0.05, 0.1) is 26.7 Å². The fraction of sp³-hybridized carbons (Fsp3) is 0.350. The van der Waals surface area contributed by atoms with Crippen molar-refractivity contribution < 1.29 is 18.7 Å². The normalized spacial score (nSPS) is 16.8. The summed E-state index contributed by atoms with van der Waals surface area (Å²) in [6.07, 6.45) is 1.93. The highest BCUT2D eigenvalue weighted by atomic mass is 19.1. The van der Waals surface area contributed by atoms with Crippen molar-refractivity contribution in [3.8, 4) is 11.5 Å². The van der Waals surface area contributed by atoms with Crippen molar-refractivity contribution in [2.75, 3.05) is 20.8 Å². The average Bonchev–Trinajstić information content (AvgIpc) is 3.11. The number of benzene rings is 2. The molecule has 2 aromatic carbocycles. The van der Waals surface area contributed by atoms with Gasteiger partial charge in [-0.15, -0.1) is 0 Å². The lowest BCUT2D eigenvalue weighted by Gasteiger charge is -2.25. The van der Waals surface area contributed by atoms with E-state index in [9.17, 15) is 9.18 Å². The third-order valence-electron chi connectivity index (χ3n) is 4.64. The summed E-state index contributed by atoms with van der Waals surface area (Å²) in [6.45, 7) is 0.658. The van der Waals surface area contributed by atoms with Gasteiger partial charge in [-0.3, -0.25) is 4.79 Å². The minimum atomic E-state index is -0.252. The van der Waals surface area contributed by atoms with Gasteiger partial charge in [-0.05, 0) is 36.6 Å². The van der Waals surface area contributed by atoms with Crippen LogP contribution in [0.25, 0.3) is 0 Å². The van der Waals surface area contributed by atoms with Gasteiger partial charge in [-0.1, -0.05) is 24.3 Å². The van der Waals surface area contributed by atoms with Crippen molar-refractivity contribution in [3.63, 3.8) is 0 Å². The molecule has 0 aliphatic carbocycles. The summed E-state index contributed by atoms with van der Waals surface area (Å²) in [5.41, 5.74) is 1.45. The Morgan fingerprint density at radius 3 is 2.64 bits per heavy atom. The highest BCUT2D eigenvalue weighted by Crippen LogP contribution is 2.34. The van der Waals surface area contributed by atoms with E-state index < -0.39 is 0 Å². The summed E-state index contributed by atoms with van der Waals surface area (Å²) in [6, 6.07) is 12.0. The van der Waals surface area contributed by atoms with Crippen LogP contribution < -0.4 is 9.47 Å². The SMILES string of the molecule is COc1ccc(CC(=O)N2CCC[C@@H]2c2ccccc2F)cc1OC. The fourth-order valence-corrected chi connectivity index (χ4v) is 3.40. The van der Waals surface area contributed by atoms with Crippen molar-refractivity contribution in [2.24, 2.45) is 0 Å². The molecular weight excluding hydrogens is 321 g/mol. The maximum absolute atomic E-state index is 14.1. The molecule has 0 bridgehead atoms. The first-order valence-corrected chi connectivity index (χ1v) is 8.39. The number of hydrogen-bond donors (Lipinski definition) is 0. The van der Waals surface area contributed by atoms with Crippen molar-refractivity contribution in [1.29, 1.82) is 0 Å². The zero-order chi connectivity index (χ0) is 17.8. The Morgan fingerprint density at radius 1 is 1.16 bits per heavy atom. The van der Waals surface area contributed by atoms with Crippen LogP contribution in [0.4, 0.5) is 4.39 Å². The minimum absolute atomic E-state index is 0.00188. The van der Waals surface area contributed by atoms with E-state index >= 15 is 0 Å². The second-order valence-electron chi connectivity index (χ2n) is 6.13. The number of carbonyl (C=O) groups excluding carboxylic acids is 1. The number of nitrogens with zero attached hydrogens (tertiary/aromatic N) is 1. The first kappa shape index (κ1) is 17.3. The first-order valence-electron chi connectivity index (χ1n) is 8.39. The zero-order valence-electron chi connectivity index (χ0n) is 14.5. The van der Waals surface area contributed by atoms with Gasteiger partial charge >= 0.3 is 0 Å². The van der Waals surface area contributed by atoms with E-state index in [0.29, 0.717) is 23.6 Å². The predicted octanol–water partition coefficient (Wildman–Crippen LogP) is 3.75. The molecule has 1 saturated heterocycles. The van der Waals surface area contributed by atoms with Crippen molar-refractivity contribution >= 4 is 5.91 Å². The fourth-order valence-electron chi connectivity index (χ4n) is 3.40. The quantitative estimate of drug-likeness (QED) is 0.830. The number of amides is 1. The molecule has 1 aliphatic rings. The Bertz CT molecular complexity index is 762. The molecule has 1 fully saturated rings. The molecule has 0 radical (unpaired) electrons. The third-order valence-corrected chi connectivity index (χ3v) is 4.64. The largest absolute Gasteiger partial charge is 0.493 e. The Labute approximate surface area is 147 Å². The molecule has 1 amide bonds. The van der Waals surface area contributed by atoms with Gasteiger partial charge < -0.3 is 14.4 Å². The zero-order valence-corrected chi connectivity index (χ0v) is 14.5. The van der Waals surface area contributed by atoms with Gasteiger partial charge in [0.15, 0.2) is 11.5 Å². The summed E-state index contributed by atoms with van der Waals surface area (Å²) in [4.78, 5) is 14.6. The lowest BCUT2D eigenvalue weighted by atomic mass is 10.0. The minimum Gasteiger partial charge on any atom is -0.493 e. The van der Waals surface area contributed by atoms with Crippen LogP contribution in [0.3, 0.4) is 0 Å². The maximum atomic E-state index is 14.1. The topological polar surface area (TPSA) is 38.8 Å². The molecule has 25 heavy (non-hydrogen) atoms. The summed E-state index contributed by atoms with van der Waals surface area (Å²) in [5.74, 6) is 0.972. The highest BCUT2D eigenvalue weighted by molar-refractivity contribution is 5.79. The maximum Gasteiger partial charge on any atom is 0.227 e. The van der Waals surface area contributed by atoms with Gasteiger partial charge in [-0.2, -0.15) is 0 Å². The van der Waals surface area contributed by atoms with Crippen LogP contribution in [0.5, 0.6) is 11.5 Å². The Morgan fingerprint density at radius 2 is 1.92 bits per heavy atom. The van der Waals surface area contributed by atoms with Crippen LogP contribution in [0.15, 0.2) is 42.5 Å². The van der Waals surface area contributed by atoms with Crippen molar-refractivity contribution in [2.45, 2.75) is 25.3 Å². The van der Waals surface area contributed by atoms with Gasteiger partial charge in [0.25, 0.3) is 0 Å². The van der Waals surface area contributed by atoms with E-state index in [4.69, 9.17) is 9.47 Å². The van der Waals surface area contributed by atoms with Crippen LogP contribution in [0, 0.1) is 5.82 Å². The van der Waals surface area contributed by atoms with E-state index in [1.54, 1.807) is 37.3 Å². The molecule has 1 atom stereocenters. The molecule has 1 heterocycles. The van der Waals surface area contributed by atoms with Gasteiger partial charge in [0.1, 0.15) is 5.82 Å². The van der Waals surface area contributed by atoms with Gasteiger partial charge in [0, 0.05) is 12.1 Å². The monoisotopic (exact) mass is 343 g/mol. The summed E-state index contributed by atoms with van der Waals surface area (Å²) >= 11 is 0. The number of ether oxygens (including phenoxy) is 2. The summed E-state index contributed by atoms with van der Waals surface area (Å²) < 4.78 is 24.6. The molecule has 2 aromatic rings. The Kier molecular flexibility index (Phi) is 5.22. The number of halogens is 1. The van der Waals surface area contributed by atoms with Crippen LogP contribution in [0.2, 0.25) is 0 Å². The molecule has 3 rings (SSSR count). The van der Waals surface area contributed by atoms with Crippen LogP contribution in [0.1, 0.15) is 30.0 Å². The molecule has 132 valence electrons. The standard InChI is InChI=1S/C20H22FNO3/c1-24-18-10-9-14(12-19(18)25-2)13-20(23)22-11-5-8-17(22)15-6-3-4-7-16(15)21/h3-4,6-7,9-10,12,17H,5,8,11,13H2,1-2H3/t17-/m1/s1. The van der Waals surface area contributed by atoms with Crippen LogP contribution >= 0.6 is 0 Å². The Hall–Kier alpha value is -2.56. The van der Waals surface area contributed by atoms with E-state index in [1.165, 1.54) is 6.07 Å². The number of methoxy groups -OCH3 is 2. The second kappa shape index (κ2) is 7.55. The van der Waals surface area contributed by atoms with E-state index in [1.807, 2.05) is 18.2 Å². The highest BCUT2D eigenvalue weighted by Gasteiger charge is 2.31. The average molecular weight is 343 g/mol. The number of hydrogen-bond acceptors (Lipinski definition) is 3. The molecule has 0 aromatic heterocycles. The van der Waals surface area contributed by atoms with Crippen LogP contribution in [-0.2, 0) is 11.2 Å². The molecule has 1 aliphatic heterocycles.